The third kappa shape index (κ3) is 4.25. The fourth-order valence-corrected chi connectivity index (χ4v) is 2.81. The van der Waals surface area contributed by atoms with Gasteiger partial charge >= 0.3 is 5.63 Å². The molecule has 0 radical (unpaired) electrons. The summed E-state index contributed by atoms with van der Waals surface area (Å²) in [4.78, 5) is 22.7. The van der Waals surface area contributed by atoms with Crippen molar-refractivity contribution < 1.29 is 9.21 Å². The van der Waals surface area contributed by atoms with Gasteiger partial charge in [0, 0.05) is 41.5 Å². The summed E-state index contributed by atoms with van der Waals surface area (Å²) in [6.07, 6.45) is 0. The second-order valence-electron chi connectivity index (χ2n) is 5.80. The summed E-state index contributed by atoms with van der Waals surface area (Å²) in [6.45, 7) is 3.31. The molecule has 0 bridgehead atoms. The average Bonchev–Trinajstić information content (AvgIpc) is 2.53. The highest BCUT2D eigenvalue weighted by Gasteiger charge is 2.05. The van der Waals surface area contributed by atoms with Crippen LogP contribution in [-0.4, -0.2) is 11.0 Å². The van der Waals surface area contributed by atoms with E-state index in [-0.39, 0.29) is 11.5 Å². The number of carbonyl (C=O) groups excluding carboxylic acids is 1. The Morgan fingerprint density at radius 3 is 2.31 bits per heavy atom. The Labute approximate surface area is 155 Å². The Bertz CT molecular complexity index is 1060. The minimum Gasteiger partial charge on any atom is -0.423 e. The molecular formula is C19H17N3O3S. The summed E-state index contributed by atoms with van der Waals surface area (Å²) < 4.78 is 5.24. The third-order valence-corrected chi connectivity index (χ3v) is 3.85. The highest BCUT2D eigenvalue weighted by Crippen LogP contribution is 2.21. The predicted octanol–water partition coefficient (Wildman–Crippen LogP) is 3.87. The van der Waals surface area contributed by atoms with E-state index in [1.165, 1.54) is 13.0 Å². The predicted molar refractivity (Wildman–Crippen MR) is 108 cm³/mol. The number of thiocarbonyl (C=S) groups is 1. The summed E-state index contributed by atoms with van der Waals surface area (Å²) in [6, 6.07) is 14.1. The summed E-state index contributed by atoms with van der Waals surface area (Å²) in [7, 11) is 0. The number of rotatable bonds is 3. The zero-order valence-corrected chi connectivity index (χ0v) is 15.1. The van der Waals surface area contributed by atoms with E-state index in [0.717, 1.165) is 16.6 Å². The van der Waals surface area contributed by atoms with Gasteiger partial charge in [0.15, 0.2) is 5.11 Å². The van der Waals surface area contributed by atoms with E-state index in [1.807, 2.05) is 31.2 Å². The summed E-state index contributed by atoms with van der Waals surface area (Å²) in [5.41, 5.74) is 3.07. The van der Waals surface area contributed by atoms with Crippen molar-refractivity contribution in [1.29, 1.82) is 0 Å². The van der Waals surface area contributed by atoms with Gasteiger partial charge in [0.1, 0.15) is 5.58 Å². The molecule has 7 heteroatoms. The van der Waals surface area contributed by atoms with Crippen molar-refractivity contribution in [2.24, 2.45) is 0 Å². The van der Waals surface area contributed by atoms with E-state index in [2.05, 4.69) is 16.0 Å². The number of aryl methyl sites for hydroxylation is 1. The summed E-state index contributed by atoms with van der Waals surface area (Å²) in [5.74, 6) is -0.143. The summed E-state index contributed by atoms with van der Waals surface area (Å²) in [5, 5.41) is 10.1. The van der Waals surface area contributed by atoms with Crippen LogP contribution in [-0.2, 0) is 4.79 Å². The fraction of sp³-hybridized carbons (Fsp3) is 0.105. The van der Waals surface area contributed by atoms with E-state index in [9.17, 15) is 9.59 Å². The van der Waals surface area contributed by atoms with Crippen LogP contribution in [0.5, 0.6) is 0 Å². The number of benzene rings is 2. The van der Waals surface area contributed by atoms with Gasteiger partial charge in [-0.1, -0.05) is 6.07 Å². The van der Waals surface area contributed by atoms with Crippen molar-refractivity contribution in [2.45, 2.75) is 13.8 Å². The molecular weight excluding hydrogens is 350 g/mol. The number of hydrogen-bond donors (Lipinski definition) is 3. The lowest BCUT2D eigenvalue weighted by Gasteiger charge is -2.12. The van der Waals surface area contributed by atoms with Crippen molar-refractivity contribution in [2.75, 3.05) is 16.0 Å². The van der Waals surface area contributed by atoms with Crippen LogP contribution in [0.2, 0.25) is 0 Å². The molecule has 3 N–H and O–H groups in total. The van der Waals surface area contributed by atoms with Gasteiger partial charge in [-0.15, -0.1) is 0 Å². The van der Waals surface area contributed by atoms with Crippen LogP contribution in [0.4, 0.5) is 17.1 Å². The number of hydrogen-bond acceptors (Lipinski definition) is 4. The zero-order valence-electron chi connectivity index (χ0n) is 14.3. The molecule has 0 spiro atoms. The SMILES string of the molecule is CC(=O)Nc1cccc(NC(=S)Nc2ccc3c(C)cc(=O)oc3c2)c1. The van der Waals surface area contributed by atoms with Crippen molar-refractivity contribution >= 4 is 51.3 Å². The number of amides is 1. The first-order valence-electron chi connectivity index (χ1n) is 7.91. The lowest BCUT2D eigenvalue weighted by molar-refractivity contribution is -0.114. The third-order valence-electron chi connectivity index (χ3n) is 3.65. The standard InChI is InChI=1S/C19H17N3O3S/c1-11-8-18(24)25-17-10-15(6-7-16(11)17)22-19(26)21-14-5-3-4-13(9-14)20-12(2)23/h3-10H,1-2H3,(H,20,23)(H2,21,22,26). The topological polar surface area (TPSA) is 83.4 Å². The van der Waals surface area contributed by atoms with E-state index in [1.54, 1.807) is 18.2 Å². The first kappa shape index (κ1) is 17.6. The van der Waals surface area contributed by atoms with Crippen LogP contribution in [0, 0.1) is 6.92 Å². The van der Waals surface area contributed by atoms with Gasteiger partial charge in [-0.25, -0.2) is 4.79 Å². The molecule has 0 saturated heterocycles. The maximum atomic E-state index is 11.5. The molecule has 3 rings (SSSR count). The van der Waals surface area contributed by atoms with Gasteiger partial charge in [0.05, 0.1) is 0 Å². The van der Waals surface area contributed by atoms with Gasteiger partial charge < -0.3 is 20.4 Å². The second-order valence-corrected chi connectivity index (χ2v) is 6.21. The molecule has 1 heterocycles. The number of nitrogens with one attached hydrogen (secondary N) is 3. The van der Waals surface area contributed by atoms with Gasteiger partial charge in [-0.3, -0.25) is 4.79 Å². The van der Waals surface area contributed by atoms with Crippen LogP contribution in [0.3, 0.4) is 0 Å². The Hall–Kier alpha value is -3.19. The smallest absolute Gasteiger partial charge is 0.336 e. The largest absolute Gasteiger partial charge is 0.423 e. The molecule has 0 saturated carbocycles. The minimum absolute atomic E-state index is 0.143. The number of carbonyl (C=O) groups is 1. The van der Waals surface area contributed by atoms with E-state index < -0.39 is 0 Å². The molecule has 3 aromatic rings. The molecule has 132 valence electrons. The first-order chi connectivity index (χ1) is 12.4. The zero-order chi connectivity index (χ0) is 18.7. The normalized spacial score (nSPS) is 10.4. The molecule has 0 unspecified atom stereocenters. The lowest BCUT2D eigenvalue weighted by atomic mass is 10.1. The van der Waals surface area contributed by atoms with Crippen molar-refractivity contribution in [3.63, 3.8) is 0 Å². The van der Waals surface area contributed by atoms with E-state index in [4.69, 9.17) is 16.6 Å². The molecule has 1 amide bonds. The van der Waals surface area contributed by atoms with Crippen LogP contribution in [0.25, 0.3) is 11.0 Å². The monoisotopic (exact) mass is 367 g/mol. The van der Waals surface area contributed by atoms with Gasteiger partial charge in [0.2, 0.25) is 5.91 Å². The minimum atomic E-state index is -0.386. The van der Waals surface area contributed by atoms with Crippen molar-refractivity contribution in [1.82, 2.24) is 0 Å². The fourth-order valence-electron chi connectivity index (χ4n) is 2.57. The van der Waals surface area contributed by atoms with E-state index >= 15 is 0 Å². The van der Waals surface area contributed by atoms with Crippen LogP contribution >= 0.6 is 12.2 Å². The van der Waals surface area contributed by atoms with Crippen molar-refractivity contribution in [3.8, 4) is 0 Å². The number of anilines is 3. The van der Waals surface area contributed by atoms with Crippen LogP contribution < -0.4 is 21.6 Å². The molecule has 26 heavy (non-hydrogen) atoms. The lowest BCUT2D eigenvalue weighted by Crippen LogP contribution is -2.19. The Morgan fingerprint density at radius 2 is 1.62 bits per heavy atom. The van der Waals surface area contributed by atoms with Crippen LogP contribution in [0.15, 0.2) is 57.7 Å². The van der Waals surface area contributed by atoms with Crippen molar-refractivity contribution in [3.05, 3.63) is 64.5 Å². The number of fused-ring (bicyclic) bond motifs is 1. The van der Waals surface area contributed by atoms with Crippen LogP contribution in [0.1, 0.15) is 12.5 Å². The summed E-state index contributed by atoms with van der Waals surface area (Å²) >= 11 is 5.32. The molecule has 0 atom stereocenters. The molecule has 1 aromatic heterocycles. The molecule has 6 nitrogen and oxygen atoms in total. The molecule has 0 fully saturated rings. The highest BCUT2D eigenvalue weighted by atomic mass is 32.1. The molecule has 0 aliphatic carbocycles. The Balaban J connectivity index is 1.75. The molecule has 0 aliphatic heterocycles. The second kappa shape index (κ2) is 7.37. The van der Waals surface area contributed by atoms with Gasteiger partial charge in [-0.05, 0) is 55.0 Å². The van der Waals surface area contributed by atoms with E-state index in [0.29, 0.717) is 22.1 Å². The first-order valence-corrected chi connectivity index (χ1v) is 8.32. The maximum absolute atomic E-state index is 11.5. The average molecular weight is 367 g/mol. The Morgan fingerprint density at radius 1 is 0.962 bits per heavy atom. The maximum Gasteiger partial charge on any atom is 0.336 e. The highest BCUT2D eigenvalue weighted by molar-refractivity contribution is 7.80. The quantitative estimate of drug-likeness (QED) is 0.481. The Kier molecular flexibility index (Phi) is 4.99. The van der Waals surface area contributed by atoms with Gasteiger partial charge in [0.25, 0.3) is 0 Å². The molecule has 0 aliphatic rings. The molecule has 2 aromatic carbocycles. The van der Waals surface area contributed by atoms with Gasteiger partial charge in [-0.2, -0.15) is 0 Å².